The second kappa shape index (κ2) is 5.30. The van der Waals surface area contributed by atoms with Crippen LogP contribution in [-0.4, -0.2) is 46.0 Å². The van der Waals surface area contributed by atoms with E-state index >= 15 is 0 Å². The number of aliphatic hydroxyl groups is 1. The fourth-order valence-electron chi connectivity index (χ4n) is 1.79. The quantitative estimate of drug-likeness (QED) is 0.743. The van der Waals surface area contributed by atoms with Crippen LogP contribution >= 0.6 is 12.6 Å². The summed E-state index contributed by atoms with van der Waals surface area (Å²) in [6.45, 7) is 4.57. The highest BCUT2D eigenvalue weighted by Crippen LogP contribution is 2.34. The van der Waals surface area contributed by atoms with E-state index < -0.39 is 11.0 Å². The summed E-state index contributed by atoms with van der Waals surface area (Å²) < 4.78 is 3.23. The Morgan fingerprint density at radius 2 is 1.53 bits per heavy atom. The van der Waals surface area contributed by atoms with Crippen LogP contribution in [0.1, 0.15) is 13.8 Å². The Morgan fingerprint density at radius 3 is 1.84 bits per heavy atom. The fraction of sp³-hybridized carbons (Fsp3) is 0.636. The summed E-state index contributed by atoms with van der Waals surface area (Å²) in [5, 5.41) is 19.2. The van der Waals surface area contributed by atoms with Gasteiger partial charge >= 0.3 is 0 Å². The molecule has 104 valence electrons. The topological polar surface area (TPSA) is 81.6 Å². The molecule has 0 spiro atoms. The van der Waals surface area contributed by atoms with Gasteiger partial charge in [-0.15, -0.1) is 0 Å². The summed E-state index contributed by atoms with van der Waals surface area (Å²) in [7, 11) is 0. The Morgan fingerprint density at radius 1 is 1.05 bits per heavy atom. The van der Waals surface area contributed by atoms with Crippen molar-refractivity contribution in [1.82, 2.24) is 29.5 Å². The van der Waals surface area contributed by atoms with Crippen LogP contribution in [0.2, 0.25) is 0 Å². The smallest absolute Gasteiger partial charge is 0.137 e. The van der Waals surface area contributed by atoms with Gasteiger partial charge in [0.1, 0.15) is 30.9 Å². The van der Waals surface area contributed by atoms with Gasteiger partial charge in [-0.25, -0.2) is 19.3 Å². The average Bonchev–Trinajstić information content (AvgIpc) is 3.02. The van der Waals surface area contributed by atoms with E-state index in [1.807, 2.05) is 13.8 Å². The van der Waals surface area contributed by atoms with Crippen molar-refractivity contribution in [3.05, 3.63) is 25.3 Å². The molecule has 0 fully saturated rings. The zero-order chi connectivity index (χ0) is 13.9. The van der Waals surface area contributed by atoms with E-state index in [4.69, 9.17) is 0 Å². The molecule has 2 rings (SSSR count). The van der Waals surface area contributed by atoms with Crippen molar-refractivity contribution >= 4 is 12.6 Å². The van der Waals surface area contributed by atoms with Crippen molar-refractivity contribution in [2.45, 2.75) is 32.5 Å². The lowest BCUT2D eigenvalue weighted by Crippen LogP contribution is -2.52. The van der Waals surface area contributed by atoms with Crippen molar-refractivity contribution in [3.63, 3.8) is 0 Å². The summed E-state index contributed by atoms with van der Waals surface area (Å²) in [6.07, 6.45) is 6.06. The molecule has 2 aromatic heterocycles. The normalized spacial score (nSPS) is 12.8. The maximum atomic E-state index is 11.1. The first-order valence-electron chi connectivity index (χ1n) is 5.95. The Kier molecular flexibility index (Phi) is 3.91. The van der Waals surface area contributed by atoms with Gasteiger partial charge in [0.15, 0.2) is 0 Å². The molecule has 0 aliphatic carbocycles. The molecular formula is C11H18N6OS. The molecular weight excluding hydrogens is 264 g/mol. The third-order valence-electron chi connectivity index (χ3n) is 3.44. The van der Waals surface area contributed by atoms with Gasteiger partial charge in [-0.2, -0.15) is 22.8 Å². The van der Waals surface area contributed by atoms with E-state index in [1.165, 1.54) is 12.7 Å². The second-order valence-corrected chi connectivity index (χ2v) is 5.58. The molecule has 0 saturated carbocycles. The number of hydrogen-bond acceptors (Lipinski definition) is 6. The molecule has 7 nitrogen and oxygen atoms in total. The number of rotatable bonds is 6. The van der Waals surface area contributed by atoms with Crippen LogP contribution in [-0.2, 0) is 13.1 Å². The minimum atomic E-state index is -1.06. The van der Waals surface area contributed by atoms with Gasteiger partial charge in [-0.3, -0.25) is 0 Å². The zero-order valence-electron chi connectivity index (χ0n) is 11.0. The Labute approximate surface area is 117 Å². The van der Waals surface area contributed by atoms with E-state index in [1.54, 1.807) is 22.0 Å². The molecule has 0 saturated heterocycles. The highest BCUT2D eigenvalue weighted by Gasteiger charge is 2.43. The van der Waals surface area contributed by atoms with Gasteiger partial charge in [0.05, 0.1) is 13.1 Å². The molecule has 0 radical (unpaired) electrons. The predicted molar refractivity (Wildman–Crippen MR) is 72.6 cm³/mol. The lowest BCUT2D eigenvalue weighted by molar-refractivity contribution is -0.0859. The third kappa shape index (κ3) is 2.95. The van der Waals surface area contributed by atoms with Gasteiger partial charge in [0.2, 0.25) is 0 Å². The Balaban J connectivity index is 2.26. The maximum Gasteiger partial charge on any atom is 0.137 e. The molecule has 19 heavy (non-hydrogen) atoms. The summed E-state index contributed by atoms with van der Waals surface area (Å²) in [4.78, 5) is 7.80. The van der Waals surface area contributed by atoms with Crippen LogP contribution in [0.3, 0.4) is 0 Å². The van der Waals surface area contributed by atoms with Crippen LogP contribution in [0.4, 0.5) is 0 Å². The monoisotopic (exact) mass is 282 g/mol. The van der Waals surface area contributed by atoms with Crippen LogP contribution < -0.4 is 0 Å². The van der Waals surface area contributed by atoms with E-state index in [9.17, 15) is 5.11 Å². The molecule has 0 aliphatic rings. The lowest BCUT2D eigenvalue weighted by Gasteiger charge is -2.41. The molecule has 0 atom stereocenters. The Hall–Kier alpha value is -1.41. The molecule has 0 aromatic carbocycles. The van der Waals surface area contributed by atoms with Gasteiger partial charge in [-0.05, 0) is 5.75 Å². The van der Waals surface area contributed by atoms with Gasteiger partial charge in [0.25, 0.3) is 0 Å². The molecule has 0 bridgehead atoms. The summed E-state index contributed by atoms with van der Waals surface area (Å²) in [6, 6.07) is 0. The van der Waals surface area contributed by atoms with E-state index in [2.05, 4.69) is 32.8 Å². The molecule has 8 heteroatoms. The maximum absolute atomic E-state index is 11.1. The minimum Gasteiger partial charge on any atom is -0.385 e. The van der Waals surface area contributed by atoms with Crippen molar-refractivity contribution in [2.75, 3.05) is 5.75 Å². The first kappa shape index (κ1) is 14.0. The first-order chi connectivity index (χ1) is 8.97. The number of thiol groups is 1. The molecule has 1 N–H and O–H groups in total. The SMILES string of the molecule is CC(C)(CS)C(O)(Cn1cncn1)Cn1cncn1. The van der Waals surface area contributed by atoms with Crippen LogP contribution in [0.15, 0.2) is 25.3 Å². The second-order valence-electron chi connectivity index (χ2n) is 5.26. The molecule has 2 heterocycles. The van der Waals surface area contributed by atoms with Crippen molar-refractivity contribution in [1.29, 1.82) is 0 Å². The molecule has 0 aliphatic heterocycles. The summed E-state index contributed by atoms with van der Waals surface area (Å²) in [5.41, 5.74) is -1.48. The number of aromatic nitrogens is 6. The van der Waals surface area contributed by atoms with Crippen molar-refractivity contribution in [2.24, 2.45) is 5.41 Å². The average molecular weight is 282 g/mol. The summed E-state index contributed by atoms with van der Waals surface area (Å²) in [5.74, 6) is 0.535. The third-order valence-corrected chi connectivity index (χ3v) is 4.23. The zero-order valence-corrected chi connectivity index (χ0v) is 11.9. The van der Waals surface area contributed by atoms with Crippen molar-refractivity contribution < 1.29 is 5.11 Å². The molecule has 0 unspecified atom stereocenters. The lowest BCUT2D eigenvalue weighted by atomic mass is 9.76. The van der Waals surface area contributed by atoms with E-state index in [0.29, 0.717) is 18.8 Å². The van der Waals surface area contributed by atoms with Crippen LogP contribution in [0, 0.1) is 5.41 Å². The predicted octanol–water partition coefficient (Wildman–Crippen LogP) is 0.257. The summed E-state index contributed by atoms with van der Waals surface area (Å²) >= 11 is 4.35. The Bertz CT molecular complexity index is 459. The van der Waals surface area contributed by atoms with Gasteiger partial charge in [0, 0.05) is 5.41 Å². The van der Waals surface area contributed by atoms with E-state index in [-0.39, 0.29) is 0 Å². The molecule has 0 amide bonds. The first-order valence-corrected chi connectivity index (χ1v) is 6.58. The fourth-order valence-corrected chi connectivity index (χ4v) is 2.08. The minimum absolute atomic E-state index is 0.320. The van der Waals surface area contributed by atoms with Crippen molar-refractivity contribution in [3.8, 4) is 0 Å². The van der Waals surface area contributed by atoms with Gasteiger partial charge in [-0.1, -0.05) is 13.8 Å². The van der Waals surface area contributed by atoms with E-state index in [0.717, 1.165) is 0 Å². The highest BCUT2D eigenvalue weighted by molar-refractivity contribution is 7.80. The highest BCUT2D eigenvalue weighted by atomic mass is 32.1. The number of hydrogen-bond donors (Lipinski definition) is 2. The largest absolute Gasteiger partial charge is 0.385 e. The van der Waals surface area contributed by atoms with Crippen LogP contribution in [0.5, 0.6) is 0 Å². The van der Waals surface area contributed by atoms with Crippen LogP contribution in [0.25, 0.3) is 0 Å². The standard InChI is InChI=1S/C11H18N6OS/c1-10(2,5-19)11(18,3-16-8-12-6-14-16)4-17-9-13-7-15-17/h6-9,18-19H,3-5H2,1-2H3. The van der Waals surface area contributed by atoms with Gasteiger partial charge < -0.3 is 5.11 Å². The molecule has 2 aromatic rings. The number of nitrogens with zero attached hydrogens (tertiary/aromatic N) is 6.